The third-order valence-corrected chi connectivity index (χ3v) is 13.4. The summed E-state index contributed by atoms with van der Waals surface area (Å²) in [6.45, 7) is 8.82. The molecule has 3 saturated carbocycles. The zero-order valence-electron chi connectivity index (χ0n) is 31.6. The summed E-state index contributed by atoms with van der Waals surface area (Å²) >= 11 is 0. The Bertz CT molecular complexity index is 2080. The summed E-state index contributed by atoms with van der Waals surface area (Å²) in [5, 5.41) is 5.03. The summed E-state index contributed by atoms with van der Waals surface area (Å²) in [7, 11) is -0.394. The predicted molar refractivity (Wildman–Crippen MR) is 200 cm³/mol. The molecule has 5 atom stereocenters. The topological polar surface area (TPSA) is 150 Å². The van der Waals surface area contributed by atoms with Gasteiger partial charge in [0, 0.05) is 54.6 Å². The first kappa shape index (κ1) is 37.1. The van der Waals surface area contributed by atoms with Gasteiger partial charge in [-0.1, -0.05) is 32.9 Å². The molecule has 284 valence electrons. The number of hydrogen-bond donors (Lipinski definition) is 1. The van der Waals surface area contributed by atoms with Gasteiger partial charge in [-0.15, -0.1) is 0 Å². The van der Waals surface area contributed by atoms with E-state index in [0.29, 0.717) is 55.1 Å². The van der Waals surface area contributed by atoms with Crippen molar-refractivity contribution in [1.82, 2.24) is 24.4 Å². The number of carbonyl (C=O) groups is 3. The van der Waals surface area contributed by atoms with Gasteiger partial charge >= 0.3 is 0 Å². The van der Waals surface area contributed by atoms with E-state index in [2.05, 4.69) is 25.5 Å². The molecule has 2 amide bonds. The van der Waals surface area contributed by atoms with Crippen molar-refractivity contribution in [2.45, 2.75) is 102 Å². The van der Waals surface area contributed by atoms with E-state index in [0.717, 1.165) is 35.9 Å². The van der Waals surface area contributed by atoms with Crippen LogP contribution < -0.4 is 14.2 Å². The van der Waals surface area contributed by atoms with Crippen LogP contribution in [0.15, 0.2) is 42.6 Å². The van der Waals surface area contributed by atoms with Gasteiger partial charge in [-0.05, 0) is 82.4 Å². The first-order chi connectivity index (χ1) is 25.1. The highest BCUT2D eigenvalue weighted by Crippen LogP contribution is 2.58. The van der Waals surface area contributed by atoms with Gasteiger partial charge in [0.1, 0.15) is 23.4 Å². The Morgan fingerprint density at radius 3 is 2.51 bits per heavy atom. The highest BCUT2D eigenvalue weighted by molar-refractivity contribution is 7.90. The van der Waals surface area contributed by atoms with E-state index in [1.807, 2.05) is 49.5 Å². The molecule has 12 nitrogen and oxygen atoms in total. The van der Waals surface area contributed by atoms with Crippen LogP contribution in [0.25, 0.3) is 16.7 Å². The minimum Gasteiger partial charge on any atom is -0.496 e. The van der Waals surface area contributed by atoms with Crippen LogP contribution in [0.3, 0.4) is 0 Å². The first-order valence-corrected chi connectivity index (χ1v) is 20.4. The first-order valence-electron chi connectivity index (χ1n) is 18.8. The number of hydrogen-bond acceptors (Lipinski definition) is 9. The van der Waals surface area contributed by atoms with Crippen molar-refractivity contribution >= 4 is 38.5 Å². The highest BCUT2D eigenvalue weighted by atomic mass is 32.2. The zero-order chi connectivity index (χ0) is 37.9. The molecule has 3 heterocycles. The molecule has 3 aliphatic carbocycles. The van der Waals surface area contributed by atoms with Gasteiger partial charge in [-0.2, -0.15) is 5.10 Å². The number of amides is 2. The molecule has 2 aromatic heterocycles. The lowest BCUT2D eigenvalue weighted by molar-refractivity contribution is -0.140. The molecule has 7 rings (SSSR count). The van der Waals surface area contributed by atoms with Gasteiger partial charge < -0.3 is 14.4 Å². The summed E-state index contributed by atoms with van der Waals surface area (Å²) in [6, 6.07) is 7.61. The van der Waals surface area contributed by atoms with Gasteiger partial charge in [-0.25, -0.2) is 18.1 Å². The minimum atomic E-state index is -3.79. The average Bonchev–Trinajstić information content (AvgIpc) is 3.98. The normalized spacial score (nSPS) is 27.5. The Morgan fingerprint density at radius 2 is 1.81 bits per heavy atom. The Morgan fingerprint density at radius 1 is 1.06 bits per heavy atom. The summed E-state index contributed by atoms with van der Waals surface area (Å²) < 4.78 is 42.1. The van der Waals surface area contributed by atoms with Crippen molar-refractivity contribution < 1.29 is 32.3 Å². The molecular weight excluding hydrogens is 695 g/mol. The van der Waals surface area contributed by atoms with Gasteiger partial charge in [0.05, 0.1) is 34.9 Å². The van der Waals surface area contributed by atoms with E-state index in [1.165, 1.54) is 0 Å². The molecule has 1 aromatic carbocycles. The lowest BCUT2D eigenvalue weighted by Gasteiger charge is -2.26. The van der Waals surface area contributed by atoms with Gasteiger partial charge in [0.2, 0.25) is 21.8 Å². The van der Waals surface area contributed by atoms with E-state index in [4.69, 9.17) is 19.6 Å². The predicted octanol–water partition coefficient (Wildman–Crippen LogP) is 5.58. The minimum absolute atomic E-state index is 0.115. The van der Waals surface area contributed by atoms with Crippen molar-refractivity contribution in [3.05, 3.63) is 53.9 Å². The molecule has 0 bridgehead atoms. The smallest absolute Gasteiger partial charge is 0.240 e. The van der Waals surface area contributed by atoms with Crippen LogP contribution in [0.2, 0.25) is 0 Å². The average molecular weight is 746 g/mol. The summed E-state index contributed by atoms with van der Waals surface area (Å²) in [5.41, 5.74) is 1.12. The number of aromatic nitrogens is 3. The molecule has 0 unspecified atom stereocenters. The molecule has 0 spiro atoms. The van der Waals surface area contributed by atoms with Crippen LogP contribution in [0, 0.1) is 30.1 Å². The molecule has 13 heteroatoms. The van der Waals surface area contributed by atoms with Gasteiger partial charge in [0.25, 0.3) is 0 Å². The second kappa shape index (κ2) is 13.9. The van der Waals surface area contributed by atoms with Crippen LogP contribution in [0.5, 0.6) is 11.5 Å². The third-order valence-electron chi connectivity index (χ3n) is 11.6. The largest absolute Gasteiger partial charge is 0.496 e. The highest BCUT2D eigenvalue weighted by Gasteiger charge is 2.61. The molecule has 0 saturated heterocycles. The number of nitrogens with one attached hydrogen (secondary N) is 1. The maximum atomic E-state index is 14.4. The number of allylic oxidation sites excluding steroid dienone is 2. The SMILES string of the molecule is COc1ccc2c(O[C@@H]3C[C@H]4C(=O)C[C@]5(C(=O)NS(=O)(=O)C6CC6)C[C@H]5/C=C\CCCCN(C)C(=O)[C@@H]4C3)cc(-n3ccc(C(C)(C)C)n3)nc2c1C. The van der Waals surface area contributed by atoms with E-state index < -0.39 is 44.5 Å². The van der Waals surface area contributed by atoms with Crippen LogP contribution in [-0.4, -0.2) is 77.7 Å². The van der Waals surface area contributed by atoms with Crippen LogP contribution in [0.4, 0.5) is 0 Å². The Hall–Kier alpha value is -4.26. The molecule has 4 aliphatic rings. The number of methoxy groups -OCH3 is 1. The van der Waals surface area contributed by atoms with E-state index in [-0.39, 0.29) is 35.9 Å². The van der Waals surface area contributed by atoms with E-state index in [1.54, 1.807) is 23.7 Å². The van der Waals surface area contributed by atoms with Gasteiger partial charge in [-0.3, -0.25) is 19.1 Å². The van der Waals surface area contributed by atoms with Crippen molar-refractivity contribution in [3.8, 4) is 17.3 Å². The molecular formula is C40H51N5O7S. The number of aryl methyl sites for hydroxylation is 1. The Balaban J connectivity index is 1.21. The number of ether oxygens (including phenoxy) is 2. The zero-order valence-corrected chi connectivity index (χ0v) is 32.4. The second-order valence-electron chi connectivity index (χ2n) is 16.6. The number of rotatable bonds is 7. The number of ketones is 1. The standard InChI is InChI=1S/C40H51N5O7S/c1-24-32(51-6)15-14-28-33(21-35(41-36(24)28)45-18-16-34(42-45)39(2,3)4)52-26-19-29-30(20-26)37(47)44(5)17-10-8-7-9-11-25-22-40(25,23-31(29)46)38(48)43-53(49,50)27-12-13-27/h9,11,14-16,18,21,25-27,29-30H,7-8,10,12-13,17,19-20,22-23H2,1-6H3,(H,43,48)/b11-9-/t25-,26-,29-,30-,40-/m1/s1. The molecule has 1 N–H and O–H groups in total. The van der Waals surface area contributed by atoms with Gasteiger partial charge in [0.15, 0.2) is 5.82 Å². The summed E-state index contributed by atoms with van der Waals surface area (Å²) in [6.07, 6.45) is 9.75. The fraction of sp³-hybridized carbons (Fsp3) is 0.575. The molecule has 3 aromatic rings. The van der Waals surface area contributed by atoms with Crippen molar-refractivity contribution in [2.24, 2.45) is 23.2 Å². The number of carbonyl (C=O) groups excluding carboxylic acids is 3. The lowest BCUT2D eigenvalue weighted by Crippen LogP contribution is -2.42. The lowest BCUT2D eigenvalue weighted by atomic mass is 9.84. The monoisotopic (exact) mass is 745 g/mol. The fourth-order valence-corrected chi connectivity index (χ4v) is 9.46. The summed E-state index contributed by atoms with van der Waals surface area (Å²) in [4.78, 5) is 48.9. The number of nitrogens with zero attached hydrogens (tertiary/aromatic N) is 4. The molecule has 1 aliphatic heterocycles. The third kappa shape index (κ3) is 7.33. The Labute approximate surface area is 311 Å². The number of pyridine rings is 1. The fourth-order valence-electron chi connectivity index (χ4n) is 8.08. The van der Waals surface area contributed by atoms with Crippen LogP contribution >= 0.6 is 0 Å². The molecule has 3 fully saturated rings. The van der Waals surface area contributed by atoms with Crippen LogP contribution in [0.1, 0.15) is 89.8 Å². The maximum Gasteiger partial charge on any atom is 0.240 e. The quantitative estimate of drug-likeness (QED) is 0.306. The molecule has 0 radical (unpaired) electrons. The number of fused-ring (bicyclic) bond motifs is 3. The van der Waals surface area contributed by atoms with Crippen molar-refractivity contribution in [3.63, 3.8) is 0 Å². The van der Waals surface area contributed by atoms with Crippen LogP contribution in [-0.2, 0) is 29.8 Å². The number of benzene rings is 1. The van der Waals surface area contributed by atoms with E-state index >= 15 is 0 Å². The maximum absolute atomic E-state index is 14.4. The van der Waals surface area contributed by atoms with Crippen molar-refractivity contribution in [1.29, 1.82) is 0 Å². The van der Waals surface area contributed by atoms with Crippen molar-refractivity contribution in [2.75, 3.05) is 20.7 Å². The van der Waals surface area contributed by atoms with E-state index in [9.17, 15) is 22.8 Å². The Kier molecular flexibility index (Phi) is 9.70. The number of Topliss-reactive ketones (excluding diaryl/α,β-unsaturated/α-hetero) is 1. The second-order valence-corrected chi connectivity index (χ2v) is 18.5. The summed E-state index contributed by atoms with van der Waals surface area (Å²) in [5.74, 6) is -0.703. The number of sulfonamides is 1. The molecule has 53 heavy (non-hydrogen) atoms.